The van der Waals surface area contributed by atoms with Gasteiger partial charge in [-0.3, -0.25) is 19.3 Å². The van der Waals surface area contributed by atoms with Crippen LogP contribution in [0.2, 0.25) is 0 Å². The van der Waals surface area contributed by atoms with Gasteiger partial charge in [0.1, 0.15) is 5.78 Å². The van der Waals surface area contributed by atoms with Gasteiger partial charge in [0.15, 0.2) is 0 Å². The fraction of sp³-hybridized carbons (Fsp3) is 0.250. The molecule has 0 saturated carbocycles. The number of rotatable bonds is 3. The molecular weight excluding hydrogens is 286 g/mol. The van der Waals surface area contributed by atoms with Gasteiger partial charge in [0.25, 0.3) is 11.8 Å². The van der Waals surface area contributed by atoms with E-state index in [2.05, 4.69) is 15.9 Å². The van der Waals surface area contributed by atoms with E-state index in [1.165, 1.54) is 6.92 Å². The molecule has 1 aliphatic rings. The Morgan fingerprint density at radius 2 is 1.88 bits per heavy atom. The van der Waals surface area contributed by atoms with Crippen LogP contribution < -0.4 is 0 Å². The SMILES string of the molecule is CC(=O)CCN1C(=O)c2ccc(Br)cc2C1=O. The van der Waals surface area contributed by atoms with E-state index in [0.29, 0.717) is 11.1 Å². The molecule has 5 heteroatoms. The third-order valence-corrected chi connectivity index (χ3v) is 3.11. The van der Waals surface area contributed by atoms with E-state index in [-0.39, 0.29) is 30.6 Å². The molecule has 17 heavy (non-hydrogen) atoms. The average molecular weight is 296 g/mol. The zero-order valence-electron chi connectivity index (χ0n) is 9.20. The molecular formula is C12H10BrNO3. The normalized spacial score (nSPS) is 14.1. The summed E-state index contributed by atoms with van der Waals surface area (Å²) in [5, 5.41) is 0. The quantitative estimate of drug-likeness (QED) is 0.802. The Balaban J connectivity index is 2.29. The van der Waals surface area contributed by atoms with Crippen LogP contribution in [-0.2, 0) is 4.79 Å². The minimum Gasteiger partial charge on any atom is -0.300 e. The smallest absolute Gasteiger partial charge is 0.261 e. The molecule has 0 unspecified atom stereocenters. The Bertz CT molecular complexity index is 524. The van der Waals surface area contributed by atoms with E-state index in [1.807, 2.05) is 0 Å². The number of benzene rings is 1. The summed E-state index contributed by atoms with van der Waals surface area (Å²) in [5.41, 5.74) is 0.801. The monoisotopic (exact) mass is 295 g/mol. The lowest BCUT2D eigenvalue weighted by Crippen LogP contribution is -2.31. The highest BCUT2D eigenvalue weighted by Gasteiger charge is 2.35. The Kier molecular flexibility index (Phi) is 3.11. The number of fused-ring (bicyclic) bond motifs is 1. The first-order valence-corrected chi connectivity index (χ1v) is 5.95. The molecule has 0 bridgehead atoms. The van der Waals surface area contributed by atoms with Gasteiger partial charge in [-0.2, -0.15) is 0 Å². The standard InChI is InChI=1S/C12H10BrNO3/c1-7(15)4-5-14-11(16)9-3-2-8(13)6-10(9)12(14)17/h2-3,6H,4-5H2,1H3. The Labute approximate surface area is 107 Å². The summed E-state index contributed by atoms with van der Waals surface area (Å²) in [4.78, 5) is 35.9. The minimum absolute atomic E-state index is 0.0391. The first-order valence-electron chi connectivity index (χ1n) is 5.16. The molecule has 1 aromatic carbocycles. The molecule has 2 amide bonds. The van der Waals surface area contributed by atoms with Gasteiger partial charge in [-0.15, -0.1) is 0 Å². The van der Waals surface area contributed by atoms with E-state index in [0.717, 1.165) is 9.37 Å². The van der Waals surface area contributed by atoms with Crippen LogP contribution in [0.4, 0.5) is 0 Å². The summed E-state index contributed by atoms with van der Waals surface area (Å²) in [6.07, 6.45) is 0.201. The molecule has 0 aliphatic carbocycles. The number of carbonyl (C=O) groups excluding carboxylic acids is 3. The molecule has 0 atom stereocenters. The van der Waals surface area contributed by atoms with Crippen LogP contribution in [0.1, 0.15) is 34.1 Å². The van der Waals surface area contributed by atoms with Crippen LogP contribution in [0.25, 0.3) is 0 Å². The summed E-state index contributed by atoms with van der Waals surface area (Å²) in [6.45, 7) is 1.59. The van der Waals surface area contributed by atoms with Crippen LogP contribution in [-0.4, -0.2) is 29.0 Å². The lowest BCUT2D eigenvalue weighted by Gasteiger charge is -2.11. The third kappa shape index (κ3) is 2.15. The minimum atomic E-state index is -0.326. The fourth-order valence-corrected chi connectivity index (χ4v) is 2.10. The molecule has 1 aliphatic heterocycles. The van der Waals surface area contributed by atoms with Crippen LogP contribution in [0.5, 0.6) is 0 Å². The molecule has 1 aromatic rings. The number of imide groups is 1. The lowest BCUT2D eigenvalue weighted by molar-refractivity contribution is -0.117. The number of hydrogen-bond donors (Lipinski definition) is 0. The Morgan fingerprint density at radius 3 is 2.53 bits per heavy atom. The maximum Gasteiger partial charge on any atom is 0.261 e. The molecule has 4 nitrogen and oxygen atoms in total. The van der Waals surface area contributed by atoms with Gasteiger partial charge in [0, 0.05) is 17.4 Å². The van der Waals surface area contributed by atoms with Crippen molar-refractivity contribution in [3.8, 4) is 0 Å². The second-order valence-electron chi connectivity index (χ2n) is 3.90. The fourth-order valence-electron chi connectivity index (χ4n) is 1.74. The Morgan fingerprint density at radius 1 is 1.24 bits per heavy atom. The summed E-state index contributed by atoms with van der Waals surface area (Å²) in [5.74, 6) is -0.686. The number of hydrogen-bond acceptors (Lipinski definition) is 3. The topological polar surface area (TPSA) is 54.5 Å². The molecule has 0 N–H and O–H groups in total. The molecule has 0 fully saturated rings. The highest BCUT2D eigenvalue weighted by atomic mass is 79.9. The average Bonchev–Trinajstić information content (AvgIpc) is 2.49. The maximum atomic E-state index is 11.9. The number of carbonyl (C=O) groups is 3. The predicted molar refractivity (Wildman–Crippen MR) is 64.8 cm³/mol. The van der Waals surface area contributed by atoms with E-state index in [4.69, 9.17) is 0 Å². The molecule has 0 radical (unpaired) electrons. The predicted octanol–water partition coefficient (Wildman–Crippen LogP) is 2.02. The first-order chi connectivity index (χ1) is 8.00. The van der Waals surface area contributed by atoms with Gasteiger partial charge in [0.05, 0.1) is 11.1 Å². The maximum absolute atomic E-state index is 11.9. The number of nitrogens with zero attached hydrogens (tertiary/aromatic N) is 1. The van der Waals surface area contributed by atoms with Gasteiger partial charge >= 0.3 is 0 Å². The molecule has 0 spiro atoms. The van der Waals surface area contributed by atoms with Crippen LogP contribution in [0, 0.1) is 0 Å². The molecule has 0 saturated heterocycles. The van der Waals surface area contributed by atoms with Gasteiger partial charge < -0.3 is 0 Å². The van der Waals surface area contributed by atoms with Crippen molar-refractivity contribution in [2.45, 2.75) is 13.3 Å². The lowest BCUT2D eigenvalue weighted by atomic mass is 10.1. The van der Waals surface area contributed by atoms with Crippen molar-refractivity contribution in [1.29, 1.82) is 0 Å². The highest BCUT2D eigenvalue weighted by molar-refractivity contribution is 9.10. The third-order valence-electron chi connectivity index (χ3n) is 2.62. The molecule has 88 valence electrons. The summed E-state index contributed by atoms with van der Waals surface area (Å²) in [6, 6.07) is 4.97. The summed E-state index contributed by atoms with van der Waals surface area (Å²) in [7, 11) is 0. The van der Waals surface area contributed by atoms with Gasteiger partial charge in [-0.1, -0.05) is 15.9 Å². The molecule has 0 aromatic heterocycles. The Hall–Kier alpha value is -1.49. The zero-order chi connectivity index (χ0) is 12.6. The van der Waals surface area contributed by atoms with Gasteiger partial charge in [0.2, 0.25) is 0 Å². The first kappa shape index (κ1) is 12.0. The number of amides is 2. The summed E-state index contributed by atoms with van der Waals surface area (Å²) < 4.78 is 0.755. The zero-order valence-corrected chi connectivity index (χ0v) is 10.8. The van der Waals surface area contributed by atoms with Crippen molar-refractivity contribution in [3.63, 3.8) is 0 Å². The summed E-state index contributed by atoms with van der Waals surface area (Å²) >= 11 is 3.26. The van der Waals surface area contributed by atoms with Gasteiger partial charge in [-0.05, 0) is 25.1 Å². The van der Waals surface area contributed by atoms with Gasteiger partial charge in [-0.25, -0.2) is 0 Å². The van der Waals surface area contributed by atoms with Crippen molar-refractivity contribution in [2.75, 3.05) is 6.54 Å². The number of ketones is 1. The van der Waals surface area contributed by atoms with E-state index >= 15 is 0 Å². The molecule has 2 rings (SSSR count). The van der Waals surface area contributed by atoms with Crippen molar-refractivity contribution >= 4 is 33.5 Å². The second-order valence-corrected chi connectivity index (χ2v) is 4.82. The molecule has 1 heterocycles. The van der Waals surface area contributed by atoms with Crippen LogP contribution in [0.3, 0.4) is 0 Å². The number of Topliss-reactive ketones (excluding diaryl/α,β-unsaturated/α-hetero) is 1. The van der Waals surface area contributed by atoms with Crippen LogP contribution in [0.15, 0.2) is 22.7 Å². The van der Waals surface area contributed by atoms with Crippen molar-refractivity contribution in [2.24, 2.45) is 0 Å². The largest absolute Gasteiger partial charge is 0.300 e. The van der Waals surface area contributed by atoms with E-state index in [9.17, 15) is 14.4 Å². The van der Waals surface area contributed by atoms with Crippen molar-refractivity contribution < 1.29 is 14.4 Å². The van der Waals surface area contributed by atoms with E-state index in [1.54, 1.807) is 18.2 Å². The second kappa shape index (κ2) is 4.41. The van der Waals surface area contributed by atoms with Crippen molar-refractivity contribution in [3.05, 3.63) is 33.8 Å². The highest BCUT2D eigenvalue weighted by Crippen LogP contribution is 2.25. The van der Waals surface area contributed by atoms with Crippen molar-refractivity contribution in [1.82, 2.24) is 4.90 Å². The van der Waals surface area contributed by atoms with E-state index < -0.39 is 0 Å². The number of halogens is 1. The van der Waals surface area contributed by atoms with Crippen LogP contribution >= 0.6 is 15.9 Å².